The number of methoxy groups -OCH3 is 1. The van der Waals surface area contributed by atoms with E-state index in [-0.39, 0.29) is 55.9 Å². The van der Waals surface area contributed by atoms with Gasteiger partial charge in [-0.1, -0.05) is 46.4 Å². The van der Waals surface area contributed by atoms with Crippen LogP contribution >= 0.6 is 0 Å². The first-order valence-corrected chi connectivity index (χ1v) is 17.4. The number of esters is 2. The largest absolute Gasteiger partial charge is 0.504 e. The highest BCUT2D eigenvalue weighted by atomic mass is 19.1. The van der Waals surface area contributed by atoms with Crippen LogP contribution in [0.2, 0.25) is 0 Å². The molecule has 2 aromatic rings. The molecule has 10 nitrogen and oxygen atoms in total. The van der Waals surface area contributed by atoms with Crippen LogP contribution < -0.4 is 9.47 Å². The summed E-state index contributed by atoms with van der Waals surface area (Å²) in [6.07, 6.45) is 3.97. The van der Waals surface area contributed by atoms with Crippen LogP contribution in [0.25, 0.3) is 0 Å². The van der Waals surface area contributed by atoms with Gasteiger partial charge in [0, 0.05) is 18.7 Å². The Hall–Kier alpha value is -4.67. The maximum absolute atomic E-state index is 15.0. The van der Waals surface area contributed by atoms with Gasteiger partial charge >= 0.3 is 11.9 Å². The summed E-state index contributed by atoms with van der Waals surface area (Å²) in [5.74, 6) is -2.84. The van der Waals surface area contributed by atoms with E-state index >= 15 is 4.39 Å². The van der Waals surface area contributed by atoms with Crippen molar-refractivity contribution in [3.8, 4) is 17.2 Å². The number of likely N-dealkylation sites (tertiary alicyclic amines) is 1. The number of ketones is 1. The van der Waals surface area contributed by atoms with Gasteiger partial charge in [0.2, 0.25) is 5.78 Å². The monoisotopic (exact) mass is 709 g/mol. The van der Waals surface area contributed by atoms with E-state index < -0.39 is 47.0 Å². The second-order valence-corrected chi connectivity index (χ2v) is 14.2. The zero-order valence-corrected chi connectivity index (χ0v) is 30.8. The normalized spacial score (nSPS) is 15.5. The molecule has 2 atom stereocenters. The summed E-state index contributed by atoms with van der Waals surface area (Å²) < 4.78 is 37.3. The summed E-state index contributed by atoms with van der Waals surface area (Å²) in [6.45, 7) is 14.8. The van der Waals surface area contributed by atoms with E-state index in [1.54, 1.807) is 30.3 Å². The zero-order valence-electron chi connectivity index (χ0n) is 30.8. The molecular weight excluding hydrogens is 657 g/mol. The SMILES string of the molecule is C=C(COc1cc(F)cc([C@@H](CCc2ccc(OC)c(O)c2)OC(=O)[C@@H]2CCCCN2C(=O)C(=O)C(C)(C)COC(=O)/C=C\C(C)C)c1)C(C)C. The number of amides is 1. The van der Waals surface area contributed by atoms with Gasteiger partial charge < -0.3 is 29.0 Å². The molecule has 51 heavy (non-hydrogen) atoms. The van der Waals surface area contributed by atoms with Crippen molar-refractivity contribution in [1.29, 1.82) is 0 Å². The number of hydrogen-bond acceptors (Lipinski definition) is 9. The minimum Gasteiger partial charge on any atom is -0.504 e. The maximum atomic E-state index is 15.0. The highest BCUT2D eigenvalue weighted by Crippen LogP contribution is 2.33. The van der Waals surface area contributed by atoms with Gasteiger partial charge in [-0.05, 0) is 98.8 Å². The van der Waals surface area contributed by atoms with Crippen molar-refractivity contribution in [1.82, 2.24) is 4.90 Å². The summed E-state index contributed by atoms with van der Waals surface area (Å²) >= 11 is 0. The first-order chi connectivity index (χ1) is 24.0. The average Bonchev–Trinajstić information content (AvgIpc) is 3.09. The van der Waals surface area contributed by atoms with E-state index in [0.717, 1.165) is 11.1 Å². The van der Waals surface area contributed by atoms with E-state index in [1.807, 2.05) is 27.7 Å². The van der Waals surface area contributed by atoms with Crippen LogP contribution in [0.15, 0.2) is 60.7 Å². The fraction of sp³-hybridized carbons (Fsp3) is 0.500. The Morgan fingerprint density at radius 2 is 1.80 bits per heavy atom. The summed E-state index contributed by atoms with van der Waals surface area (Å²) in [6, 6.07) is 7.98. The highest BCUT2D eigenvalue weighted by Gasteiger charge is 2.42. The van der Waals surface area contributed by atoms with Gasteiger partial charge in [0.15, 0.2) is 11.5 Å². The van der Waals surface area contributed by atoms with Gasteiger partial charge in [-0.15, -0.1) is 0 Å². The highest BCUT2D eigenvalue weighted by molar-refractivity contribution is 6.38. The number of benzene rings is 2. The Kier molecular flexibility index (Phi) is 14.8. The van der Waals surface area contributed by atoms with Gasteiger partial charge in [0.05, 0.1) is 12.5 Å². The van der Waals surface area contributed by atoms with E-state index in [1.165, 1.54) is 44.1 Å². The van der Waals surface area contributed by atoms with Crippen molar-refractivity contribution in [3.05, 3.63) is 77.6 Å². The summed E-state index contributed by atoms with van der Waals surface area (Å²) in [7, 11) is 1.44. The van der Waals surface area contributed by atoms with Crippen molar-refractivity contribution in [2.45, 2.75) is 85.8 Å². The predicted molar refractivity (Wildman–Crippen MR) is 191 cm³/mol. The second-order valence-electron chi connectivity index (χ2n) is 14.2. The van der Waals surface area contributed by atoms with Crippen molar-refractivity contribution >= 4 is 23.6 Å². The fourth-order valence-electron chi connectivity index (χ4n) is 5.37. The van der Waals surface area contributed by atoms with Crippen molar-refractivity contribution in [3.63, 3.8) is 0 Å². The molecule has 0 radical (unpaired) electrons. The number of carbonyl (C=O) groups is 4. The fourth-order valence-corrected chi connectivity index (χ4v) is 5.37. The van der Waals surface area contributed by atoms with E-state index in [0.29, 0.717) is 30.6 Å². The summed E-state index contributed by atoms with van der Waals surface area (Å²) in [5, 5.41) is 10.3. The van der Waals surface area contributed by atoms with Gasteiger partial charge in [-0.25, -0.2) is 14.0 Å². The summed E-state index contributed by atoms with van der Waals surface area (Å²) in [5.41, 5.74) is 0.530. The standard InChI is InChI=1S/C40H52FNO9/c1-25(2)12-17-36(44)50-24-40(6,7)37(45)38(46)42-18-10-9-11-32(42)39(47)51-34(15-13-28-14-16-35(48-8)33(43)19-28)29-20-30(41)22-31(21-29)49-23-27(5)26(3)4/h12,14,16-17,19-22,25-26,32,34,43H,5,9-11,13,15,18,23-24H2,1-4,6-8H3/b17-12-/t32-,34+/m0/s1. The van der Waals surface area contributed by atoms with Gasteiger partial charge in [0.25, 0.3) is 5.91 Å². The number of piperidine rings is 1. The van der Waals surface area contributed by atoms with Crippen molar-refractivity contribution < 1.29 is 47.6 Å². The molecule has 1 N–H and O–H groups in total. The van der Waals surface area contributed by atoms with Crippen LogP contribution in [-0.4, -0.2) is 66.5 Å². The number of carbonyl (C=O) groups excluding carboxylic acids is 4. The minimum atomic E-state index is -1.35. The number of rotatable bonds is 17. The number of ether oxygens (including phenoxy) is 4. The number of halogens is 1. The van der Waals surface area contributed by atoms with Crippen LogP contribution in [0.3, 0.4) is 0 Å². The molecule has 1 heterocycles. The first-order valence-electron chi connectivity index (χ1n) is 17.4. The Balaban J connectivity index is 1.85. The van der Waals surface area contributed by atoms with Crippen LogP contribution in [0.1, 0.15) is 84.5 Å². The van der Waals surface area contributed by atoms with Gasteiger partial charge in [-0.2, -0.15) is 0 Å². The molecule has 0 spiro atoms. The number of hydrogen-bond donors (Lipinski definition) is 1. The lowest BCUT2D eigenvalue weighted by molar-refractivity contribution is -0.165. The topological polar surface area (TPSA) is 129 Å². The van der Waals surface area contributed by atoms with Crippen LogP contribution in [0.5, 0.6) is 17.2 Å². The molecule has 1 saturated heterocycles. The second kappa shape index (κ2) is 18.5. The number of Topliss-reactive ketones (excluding diaryl/α,β-unsaturated/α-hetero) is 1. The van der Waals surface area contributed by atoms with E-state index in [4.69, 9.17) is 18.9 Å². The zero-order chi connectivity index (χ0) is 37.9. The number of allylic oxidation sites excluding steroid dienone is 1. The average molecular weight is 710 g/mol. The van der Waals surface area contributed by atoms with Crippen molar-refractivity contribution in [2.24, 2.45) is 17.3 Å². The molecule has 11 heteroatoms. The van der Waals surface area contributed by atoms with E-state index in [9.17, 15) is 24.3 Å². The molecule has 1 aliphatic rings. The predicted octanol–water partition coefficient (Wildman–Crippen LogP) is 7.08. The lowest BCUT2D eigenvalue weighted by Crippen LogP contribution is -2.53. The minimum absolute atomic E-state index is 0.0545. The molecule has 278 valence electrons. The molecule has 1 aliphatic heterocycles. The Morgan fingerprint density at radius 3 is 2.45 bits per heavy atom. The molecular formula is C40H52FNO9. The lowest BCUT2D eigenvalue weighted by atomic mass is 9.87. The summed E-state index contributed by atoms with van der Waals surface area (Å²) in [4.78, 5) is 54.4. The van der Waals surface area contributed by atoms with Gasteiger partial charge in [-0.3, -0.25) is 9.59 Å². The number of phenolic OH excluding ortho intramolecular Hbond substituents is 1. The third-order valence-corrected chi connectivity index (χ3v) is 8.74. The third kappa shape index (κ3) is 12.0. The molecule has 2 aromatic carbocycles. The molecule has 3 rings (SSSR count). The first kappa shape index (κ1) is 40.8. The number of aromatic hydroxyl groups is 1. The molecule has 0 unspecified atom stereocenters. The molecule has 1 fully saturated rings. The quantitative estimate of drug-likeness (QED) is 0.0793. The van der Waals surface area contributed by atoms with Crippen LogP contribution in [-0.2, 0) is 35.1 Å². The Labute approximate surface area is 300 Å². The molecule has 0 aliphatic carbocycles. The molecule has 1 amide bonds. The number of nitrogens with zero attached hydrogens (tertiary/aromatic N) is 1. The molecule has 0 bridgehead atoms. The molecule has 0 aromatic heterocycles. The lowest BCUT2D eigenvalue weighted by Gasteiger charge is -2.36. The Morgan fingerprint density at radius 1 is 1.08 bits per heavy atom. The van der Waals surface area contributed by atoms with E-state index in [2.05, 4.69) is 6.58 Å². The molecule has 0 saturated carbocycles. The van der Waals surface area contributed by atoms with Crippen LogP contribution in [0, 0.1) is 23.1 Å². The maximum Gasteiger partial charge on any atom is 0.330 e. The Bertz CT molecular complexity index is 1600. The number of phenols is 1. The number of aryl methyl sites for hydroxylation is 1. The van der Waals surface area contributed by atoms with Gasteiger partial charge in [0.1, 0.15) is 36.9 Å². The smallest absolute Gasteiger partial charge is 0.330 e. The van der Waals surface area contributed by atoms with Crippen LogP contribution in [0.4, 0.5) is 4.39 Å². The van der Waals surface area contributed by atoms with Crippen molar-refractivity contribution in [2.75, 3.05) is 26.9 Å². The third-order valence-electron chi connectivity index (χ3n) is 8.74.